The molecule has 1 aromatic carbocycles. The highest BCUT2D eigenvalue weighted by atomic mass is 19.1. The SMILES string of the molecule is O=C(Nc1cc(N2CCN(C3CCCC3)CC2)ccn1)c1cccc(F)c1. The van der Waals surface area contributed by atoms with Gasteiger partial charge in [-0.25, -0.2) is 9.37 Å². The van der Waals surface area contributed by atoms with E-state index in [2.05, 4.69) is 20.1 Å². The molecule has 0 radical (unpaired) electrons. The molecule has 6 heteroatoms. The first-order valence-corrected chi connectivity index (χ1v) is 9.71. The van der Waals surface area contributed by atoms with Gasteiger partial charge in [-0.2, -0.15) is 0 Å². The molecule has 0 bridgehead atoms. The monoisotopic (exact) mass is 368 g/mol. The minimum Gasteiger partial charge on any atom is -0.369 e. The number of benzene rings is 1. The van der Waals surface area contributed by atoms with Gasteiger partial charge in [0, 0.05) is 55.7 Å². The quantitative estimate of drug-likeness (QED) is 0.897. The summed E-state index contributed by atoms with van der Waals surface area (Å²) in [5, 5.41) is 2.76. The second-order valence-electron chi connectivity index (χ2n) is 7.33. The molecule has 4 rings (SSSR count). The average molecular weight is 368 g/mol. The fraction of sp³-hybridized carbons (Fsp3) is 0.429. The van der Waals surface area contributed by atoms with Crippen molar-refractivity contribution in [1.29, 1.82) is 0 Å². The van der Waals surface area contributed by atoms with Crippen molar-refractivity contribution in [3.8, 4) is 0 Å². The van der Waals surface area contributed by atoms with Crippen LogP contribution in [-0.2, 0) is 0 Å². The lowest BCUT2D eigenvalue weighted by atomic mass is 10.1. The van der Waals surface area contributed by atoms with E-state index in [1.165, 1.54) is 43.9 Å². The third-order valence-corrected chi connectivity index (χ3v) is 5.59. The van der Waals surface area contributed by atoms with Crippen molar-refractivity contribution in [1.82, 2.24) is 9.88 Å². The van der Waals surface area contributed by atoms with Crippen molar-refractivity contribution in [2.24, 2.45) is 0 Å². The van der Waals surface area contributed by atoms with Crippen LogP contribution in [0.15, 0.2) is 42.6 Å². The Morgan fingerprint density at radius 1 is 1.07 bits per heavy atom. The standard InChI is InChI=1S/C21H25FN4O/c22-17-5-3-4-16(14-17)21(27)24-20-15-19(8-9-23-20)26-12-10-25(11-13-26)18-6-1-2-7-18/h3-5,8-9,14-15,18H,1-2,6-7,10-13H2,(H,23,24,27). The molecule has 142 valence electrons. The van der Waals surface area contributed by atoms with Gasteiger partial charge in [0.05, 0.1) is 0 Å². The van der Waals surface area contributed by atoms with Gasteiger partial charge in [0.25, 0.3) is 5.91 Å². The maximum absolute atomic E-state index is 13.3. The number of rotatable bonds is 4. The molecule has 1 amide bonds. The van der Waals surface area contributed by atoms with Crippen LogP contribution in [-0.4, -0.2) is 48.0 Å². The molecular weight excluding hydrogens is 343 g/mol. The van der Waals surface area contributed by atoms with Gasteiger partial charge in [-0.1, -0.05) is 18.9 Å². The molecule has 1 aliphatic heterocycles. The van der Waals surface area contributed by atoms with Crippen LogP contribution in [0, 0.1) is 5.82 Å². The molecule has 2 fully saturated rings. The summed E-state index contributed by atoms with van der Waals surface area (Å²) in [4.78, 5) is 21.5. The number of anilines is 2. The van der Waals surface area contributed by atoms with Gasteiger partial charge in [-0.3, -0.25) is 9.69 Å². The van der Waals surface area contributed by atoms with Gasteiger partial charge < -0.3 is 10.2 Å². The molecule has 1 N–H and O–H groups in total. The molecule has 1 saturated carbocycles. The molecule has 0 unspecified atom stereocenters. The van der Waals surface area contributed by atoms with Crippen LogP contribution >= 0.6 is 0 Å². The summed E-state index contributed by atoms with van der Waals surface area (Å²) in [5.41, 5.74) is 1.35. The summed E-state index contributed by atoms with van der Waals surface area (Å²) in [6.45, 7) is 4.13. The zero-order valence-corrected chi connectivity index (χ0v) is 15.4. The lowest BCUT2D eigenvalue weighted by molar-refractivity contribution is 0.102. The zero-order valence-electron chi connectivity index (χ0n) is 15.4. The Kier molecular flexibility index (Phi) is 5.34. The maximum atomic E-state index is 13.3. The number of nitrogens with one attached hydrogen (secondary N) is 1. The highest BCUT2D eigenvalue weighted by Crippen LogP contribution is 2.26. The van der Waals surface area contributed by atoms with Gasteiger partial charge in [0.1, 0.15) is 11.6 Å². The van der Waals surface area contributed by atoms with Crippen LogP contribution in [0.5, 0.6) is 0 Å². The smallest absolute Gasteiger partial charge is 0.256 e. The number of amides is 1. The highest BCUT2D eigenvalue weighted by Gasteiger charge is 2.26. The van der Waals surface area contributed by atoms with Crippen molar-refractivity contribution in [3.63, 3.8) is 0 Å². The van der Waals surface area contributed by atoms with Crippen molar-refractivity contribution >= 4 is 17.4 Å². The van der Waals surface area contributed by atoms with Crippen molar-refractivity contribution in [2.45, 2.75) is 31.7 Å². The topological polar surface area (TPSA) is 48.5 Å². The molecule has 2 aliphatic rings. The largest absolute Gasteiger partial charge is 0.369 e. The normalized spacial score (nSPS) is 18.6. The van der Waals surface area contributed by atoms with E-state index in [-0.39, 0.29) is 11.5 Å². The van der Waals surface area contributed by atoms with Crippen LogP contribution in [0.1, 0.15) is 36.0 Å². The van der Waals surface area contributed by atoms with Crippen molar-refractivity contribution in [3.05, 3.63) is 54.0 Å². The average Bonchev–Trinajstić information content (AvgIpc) is 3.23. The van der Waals surface area contributed by atoms with E-state index in [0.29, 0.717) is 5.82 Å². The van der Waals surface area contributed by atoms with Crippen molar-refractivity contribution in [2.75, 3.05) is 36.4 Å². The molecule has 1 aliphatic carbocycles. The Hall–Kier alpha value is -2.47. The first-order chi connectivity index (χ1) is 13.2. The summed E-state index contributed by atoms with van der Waals surface area (Å²) < 4.78 is 13.3. The Morgan fingerprint density at radius 3 is 2.59 bits per heavy atom. The number of hydrogen-bond acceptors (Lipinski definition) is 4. The van der Waals surface area contributed by atoms with Crippen LogP contribution in [0.25, 0.3) is 0 Å². The number of halogens is 1. The molecule has 1 aromatic heterocycles. The lowest BCUT2D eigenvalue weighted by Crippen LogP contribution is -2.49. The second-order valence-corrected chi connectivity index (χ2v) is 7.33. The number of piperazine rings is 1. The Morgan fingerprint density at radius 2 is 1.85 bits per heavy atom. The Bertz CT molecular complexity index is 798. The predicted octanol–water partition coefficient (Wildman–Crippen LogP) is 3.54. The molecule has 2 aromatic rings. The first-order valence-electron chi connectivity index (χ1n) is 9.71. The summed E-state index contributed by atoms with van der Waals surface area (Å²) in [6.07, 6.45) is 7.12. The van der Waals surface area contributed by atoms with Crippen LogP contribution in [0.2, 0.25) is 0 Å². The van der Waals surface area contributed by atoms with E-state index < -0.39 is 5.82 Å². The third kappa shape index (κ3) is 4.27. The molecule has 27 heavy (non-hydrogen) atoms. The van der Waals surface area contributed by atoms with E-state index >= 15 is 0 Å². The minimum absolute atomic E-state index is 0.285. The third-order valence-electron chi connectivity index (χ3n) is 5.59. The molecule has 0 spiro atoms. The van der Waals surface area contributed by atoms with Gasteiger partial charge >= 0.3 is 0 Å². The molecule has 2 heterocycles. The Balaban J connectivity index is 1.38. The summed E-state index contributed by atoms with van der Waals surface area (Å²) >= 11 is 0. The maximum Gasteiger partial charge on any atom is 0.256 e. The summed E-state index contributed by atoms with van der Waals surface area (Å²) in [5.74, 6) is -0.297. The van der Waals surface area contributed by atoms with E-state index in [4.69, 9.17) is 0 Å². The van der Waals surface area contributed by atoms with E-state index in [0.717, 1.165) is 37.9 Å². The van der Waals surface area contributed by atoms with E-state index in [1.807, 2.05) is 12.1 Å². The molecule has 5 nitrogen and oxygen atoms in total. The van der Waals surface area contributed by atoms with E-state index in [9.17, 15) is 9.18 Å². The van der Waals surface area contributed by atoms with Gasteiger partial charge in [0.2, 0.25) is 0 Å². The first kappa shape index (κ1) is 17.9. The molecule has 0 atom stereocenters. The van der Waals surface area contributed by atoms with Gasteiger partial charge in [0.15, 0.2) is 0 Å². The number of aromatic nitrogens is 1. The second kappa shape index (κ2) is 8.05. The molecule has 1 saturated heterocycles. The lowest BCUT2D eigenvalue weighted by Gasteiger charge is -2.39. The zero-order chi connectivity index (χ0) is 18.6. The summed E-state index contributed by atoms with van der Waals surface area (Å²) in [6, 6.07) is 10.3. The van der Waals surface area contributed by atoms with Crippen molar-refractivity contribution < 1.29 is 9.18 Å². The fourth-order valence-electron chi connectivity index (χ4n) is 4.12. The molecular formula is C21H25FN4O. The van der Waals surface area contributed by atoms with Crippen LogP contribution < -0.4 is 10.2 Å². The van der Waals surface area contributed by atoms with Crippen LogP contribution in [0.4, 0.5) is 15.9 Å². The van der Waals surface area contributed by atoms with Gasteiger partial charge in [-0.05, 0) is 37.1 Å². The summed E-state index contributed by atoms with van der Waals surface area (Å²) in [7, 11) is 0. The number of carbonyl (C=O) groups is 1. The highest BCUT2D eigenvalue weighted by molar-refractivity contribution is 6.03. The number of nitrogens with zero attached hydrogens (tertiary/aromatic N) is 3. The number of hydrogen-bond donors (Lipinski definition) is 1. The van der Waals surface area contributed by atoms with E-state index in [1.54, 1.807) is 12.3 Å². The number of carbonyl (C=O) groups excluding carboxylic acids is 1. The van der Waals surface area contributed by atoms with Gasteiger partial charge in [-0.15, -0.1) is 0 Å². The number of pyridine rings is 1. The Labute approximate surface area is 159 Å². The van der Waals surface area contributed by atoms with Crippen LogP contribution in [0.3, 0.4) is 0 Å². The fourth-order valence-corrected chi connectivity index (χ4v) is 4.12. The predicted molar refractivity (Wildman–Crippen MR) is 105 cm³/mol. The minimum atomic E-state index is -0.426.